The van der Waals surface area contributed by atoms with Crippen molar-refractivity contribution in [2.45, 2.75) is 117 Å². The summed E-state index contributed by atoms with van der Waals surface area (Å²) in [5.41, 5.74) is 0.424. The highest BCUT2D eigenvalue weighted by atomic mass is 79.9. The van der Waals surface area contributed by atoms with E-state index in [1.54, 1.807) is 13.0 Å². The molecule has 0 heterocycles. The maximum Gasteiger partial charge on any atom is 0.330 e. The zero-order valence-corrected chi connectivity index (χ0v) is 21.3. The van der Waals surface area contributed by atoms with E-state index >= 15 is 0 Å². The minimum atomic E-state index is -0.827. The molecule has 3 nitrogen and oxygen atoms in total. The normalized spacial score (nSPS) is 11.0. The molecule has 0 aliphatic carbocycles. The van der Waals surface area contributed by atoms with E-state index in [1.165, 1.54) is 96.4 Å². The molecule has 0 saturated carbocycles. The summed E-state index contributed by atoms with van der Waals surface area (Å²) in [7, 11) is 4.34. The third kappa shape index (κ3) is 30.4. The van der Waals surface area contributed by atoms with E-state index in [1.807, 2.05) is 6.92 Å². The van der Waals surface area contributed by atoms with Gasteiger partial charge in [0.25, 0.3) is 0 Å². The van der Waals surface area contributed by atoms with E-state index in [2.05, 4.69) is 25.9 Å². The van der Waals surface area contributed by atoms with Crippen molar-refractivity contribution in [1.29, 1.82) is 0 Å². The van der Waals surface area contributed by atoms with Crippen LogP contribution >= 0.6 is 17.0 Å². The summed E-state index contributed by atoms with van der Waals surface area (Å²) in [6.45, 7) is 7.05. The molecule has 4 heteroatoms. The first-order chi connectivity index (χ1) is 13.0. The molecule has 0 fully saturated rings. The van der Waals surface area contributed by atoms with Gasteiger partial charge in [-0.15, -0.1) is 17.0 Å². The number of carbonyl (C=O) groups is 1. The monoisotopic (exact) mass is 463 g/mol. The lowest BCUT2D eigenvalue weighted by Crippen LogP contribution is -2.12. The molecule has 0 aromatic heterocycles. The number of carboxylic acids is 1. The average molecular weight is 465 g/mol. The molecule has 0 bridgehead atoms. The van der Waals surface area contributed by atoms with Gasteiger partial charge in [0.2, 0.25) is 0 Å². The molecule has 0 spiro atoms. The van der Waals surface area contributed by atoms with Crippen molar-refractivity contribution in [3.05, 3.63) is 11.6 Å². The van der Waals surface area contributed by atoms with Crippen LogP contribution in [0.25, 0.3) is 0 Å². The number of hydrogen-bond acceptors (Lipinski definition) is 2. The van der Waals surface area contributed by atoms with Crippen LogP contribution in [0.2, 0.25) is 0 Å². The first-order valence-electron chi connectivity index (χ1n) is 11.5. The second-order valence-electron chi connectivity index (χ2n) is 8.00. The van der Waals surface area contributed by atoms with Crippen LogP contribution in [0.15, 0.2) is 11.6 Å². The first kappa shape index (κ1) is 32.3. The zero-order chi connectivity index (χ0) is 20.8. The van der Waals surface area contributed by atoms with Gasteiger partial charge in [0.05, 0.1) is 0 Å². The summed E-state index contributed by atoms with van der Waals surface area (Å²) >= 11 is 0. The molecule has 0 aliphatic heterocycles. The lowest BCUT2D eigenvalue weighted by Gasteiger charge is -2.08. The molecule has 28 heavy (non-hydrogen) atoms. The van der Waals surface area contributed by atoms with Crippen LogP contribution in [-0.4, -0.2) is 36.6 Å². The van der Waals surface area contributed by atoms with Gasteiger partial charge in [0.1, 0.15) is 0 Å². The highest BCUT2D eigenvalue weighted by Crippen LogP contribution is 2.12. The SMILES string of the molecule is Br.CCC=C(C)C(=O)O.CCCCCCCCCCCCCCCCN(C)C. The first-order valence-corrected chi connectivity index (χ1v) is 11.5. The molecule has 0 aromatic carbocycles. The minimum Gasteiger partial charge on any atom is -0.478 e. The van der Waals surface area contributed by atoms with Gasteiger partial charge in [0.15, 0.2) is 0 Å². The van der Waals surface area contributed by atoms with Crippen LogP contribution in [-0.2, 0) is 4.79 Å². The van der Waals surface area contributed by atoms with Crippen molar-refractivity contribution >= 4 is 23.0 Å². The summed E-state index contributed by atoms with van der Waals surface area (Å²) in [5.74, 6) is -0.827. The third-order valence-corrected chi connectivity index (χ3v) is 4.81. The Morgan fingerprint density at radius 1 is 0.750 bits per heavy atom. The number of halogens is 1. The maximum absolute atomic E-state index is 10.0. The van der Waals surface area contributed by atoms with Crippen LogP contribution in [0, 0.1) is 0 Å². The third-order valence-electron chi connectivity index (χ3n) is 4.81. The number of hydrogen-bond donors (Lipinski definition) is 1. The van der Waals surface area contributed by atoms with Gasteiger partial charge in [-0.2, -0.15) is 0 Å². The van der Waals surface area contributed by atoms with Crippen molar-refractivity contribution in [1.82, 2.24) is 4.90 Å². The molecule has 170 valence electrons. The Labute approximate surface area is 187 Å². The molecule has 1 N–H and O–H groups in total. The fourth-order valence-electron chi connectivity index (χ4n) is 3.02. The Balaban J connectivity index is -0.000000587. The lowest BCUT2D eigenvalue weighted by atomic mass is 10.0. The van der Waals surface area contributed by atoms with E-state index in [0.29, 0.717) is 5.57 Å². The Morgan fingerprint density at radius 2 is 1.11 bits per heavy atom. The minimum absolute atomic E-state index is 0. The van der Waals surface area contributed by atoms with E-state index in [0.717, 1.165) is 6.42 Å². The second-order valence-corrected chi connectivity index (χ2v) is 8.00. The molecule has 0 atom stereocenters. The van der Waals surface area contributed by atoms with Crippen LogP contribution in [0.5, 0.6) is 0 Å². The molecule has 0 unspecified atom stereocenters. The van der Waals surface area contributed by atoms with Crippen molar-refractivity contribution in [3.8, 4) is 0 Å². The average Bonchev–Trinajstić information content (AvgIpc) is 2.62. The quantitative estimate of drug-likeness (QED) is 0.175. The van der Waals surface area contributed by atoms with Gasteiger partial charge >= 0.3 is 5.97 Å². The molecular weight excluding hydrogens is 414 g/mol. The summed E-state index contributed by atoms with van der Waals surface area (Å²) in [4.78, 5) is 12.3. The van der Waals surface area contributed by atoms with Gasteiger partial charge in [-0.05, 0) is 40.4 Å². The number of unbranched alkanes of at least 4 members (excludes halogenated alkanes) is 13. The van der Waals surface area contributed by atoms with Crippen molar-refractivity contribution in [2.75, 3.05) is 20.6 Å². The van der Waals surface area contributed by atoms with Gasteiger partial charge in [-0.25, -0.2) is 4.79 Å². The molecule has 0 amide bonds. The van der Waals surface area contributed by atoms with Crippen LogP contribution < -0.4 is 0 Å². The Kier molecular flexibility index (Phi) is 30.8. The molecular formula is C24H50BrNO2. The van der Waals surface area contributed by atoms with Crippen molar-refractivity contribution in [2.24, 2.45) is 0 Å². The predicted octanol–water partition coefficient (Wildman–Crippen LogP) is 8.03. The topological polar surface area (TPSA) is 40.5 Å². The smallest absolute Gasteiger partial charge is 0.330 e. The standard InChI is InChI=1S/C18H39N.C6H10O2.BrH/c1-4-5-6-7-8-9-10-11-12-13-14-15-16-17-18-19(2)3;1-3-4-5(2)6(7)8;/h4-18H2,1-3H3;4H,3H2,1-2H3,(H,7,8);1H. The molecule has 0 radical (unpaired) electrons. The fraction of sp³-hybridized carbons (Fsp3) is 0.875. The van der Waals surface area contributed by atoms with Crippen LogP contribution in [0.1, 0.15) is 117 Å². The van der Waals surface area contributed by atoms with E-state index in [9.17, 15) is 4.79 Å². The number of rotatable bonds is 17. The van der Waals surface area contributed by atoms with E-state index in [-0.39, 0.29) is 17.0 Å². The van der Waals surface area contributed by atoms with Gasteiger partial charge in [-0.3, -0.25) is 0 Å². The van der Waals surface area contributed by atoms with Gasteiger partial charge < -0.3 is 10.0 Å². The second kappa shape index (κ2) is 26.6. The highest BCUT2D eigenvalue weighted by Gasteiger charge is 1.95. The highest BCUT2D eigenvalue weighted by molar-refractivity contribution is 8.93. The molecule has 0 aromatic rings. The number of aliphatic carboxylic acids is 1. The summed E-state index contributed by atoms with van der Waals surface area (Å²) in [6.07, 6.45) is 22.8. The largest absolute Gasteiger partial charge is 0.478 e. The van der Waals surface area contributed by atoms with Crippen LogP contribution in [0.3, 0.4) is 0 Å². The number of carboxylic acid groups (broad SMARTS) is 1. The van der Waals surface area contributed by atoms with E-state index in [4.69, 9.17) is 5.11 Å². The summed E-state index contributed by atoms with van der Waals surface area (Å²) in [5, 5.41) is 8.24. The van der Waals surface area contributed by atoms with Crippen molar-refractivity contribution < 1.29 is 9.90 Å². The zero-order valence-electron chi connectivity index (χ0n) is 19.6. The van der Waals surface area contributed by atoms with Gasteiger partial charge in [0, 0.05) is 5.57 Å². The lowest BCUT2D eigenvalue weighted by molar-refractivity contribution is -0.132. The fourth-order valence-corrected chi connectivity index (χ4v) is 3.02. The summed E-state index contributed by atoms with van der Waals surface area (Å²) < 4.78 is 0. The summed E-state index contributed by atoms with van der Waals surface area (Å²) in [6, 6.07) is 0. The van der Waals surface area contributed by atoms with Gasteiger partial charge in [-0.1, -0.05) is 103 Å². The molecule has 0 saturated heterocycles. The van der Waals surface area contributed by atoms with Crippen LogP contribution in [0.4, 0.5) is 0 Å². The van der Waals surface area contributed by atoms with E-state index < -0.39 is 5.97 Å². The Hall–Kier alpha value is -0.350. The van der Waals surface area contributed by atoms with Crippen molar-refractivity contribution in [3.63, 3.8) is 0 Å². The number of allylic oxidation sites excluding steroid dienone is 1. The predicted molar refractivity (Wildman–Crippen MR) is 131 cm³/mol. The Morgan fingerprint density at radius 3 is 1.36 bits per heavy atom. The molecule has 0 rings (SSSR count). The maximum atomic E-state index is 10.0. The Bertz CT molecular complexity index is 343. The molecule has 0 aliphatic rings. The number of nitrogens with zero attached hydrogens (tertiary/aromatic N) is 1.